The van der Waals surface area contributed by atoms with Crippen LogP contribution in [-0.4, -0.2) is 69.6 Å². The van der Waals surface area contributed by atoms with E-state index in [0.29, 0.717) is 6.54 Å². The average molecular weight is 281 g/mol. The molecule has 0 saturated carbocycles. The van der Waals surface area contributed by atoms with Crippen LogP contribution >= 0.6 is 0 Å². The highest BCUT2D eigenvalue weighted by molar-refractivity contribution is 5.11. The van der Waals surface area contributed by atoms with Gasteiger partial charge in [0.1, 0.15) is 0 Å². The molecule has 1 aliphatic rings. The highest BCUT2D eigenvalue weighted by Gasteiger charge is 2.27. The Bertz CT molecular complexity index is 417. The molecule has 0 radical (unpaired) electrons. The minimum atomic E-state index is -0.626. The lowest BCUT2D eigenvalue weighted by molar-refractivity contribution is 0.0113. The summed E-state index contributed by atoms with van der Waals surface area (Å²) in [6.07, 6.45) is 3.95. The van der Waals surface area contributed by atoms with Crippen molar-refractivity contribution in [2.75, 3.05) is 39.3 Å². The predicted molar refractivity (Wildman–Crippen MR) is 79.3 cm³/mol. The second kappa shape index (κ2) is 6.22. The fourth-order valence-electron chi connectivity index (χ4n) is 2.89. The quantitative estimate of drug-likeness (QED) is 0.783. The highest BCUT2D eigenvalue weighted by Crippen LogP contribution is 2.21. The van der Waals surface area contributed by atoms with Gasteiger partial charge in [-0.2, -0.15) is 5.10 Å². The molecular formula is C14H27N5O. The Morgan fingerprint density at radius 3 is 2.45 bits per heavy atom. The van der Waals surface area contributed by atoms with Crippen molar-refractivity contribution in [1.82, 2.24) is 19.6 Å². The Hall–Kier alpha value is -0.950. The molecule has 1 fully saturated rings. The summed E-state index contributed by atoms with van der Waals surface area (Å²) in [6.45, 7) is 8.95. The van der Waals surface area contributed by atoms with Gasteiger partial charge in [0.05, 0.1) is 17.8 Å². The molecule has 1 unspecified atom stereocenters. The molecular weight excluding hydrogens is 254 g/mol. The van der Waals surface area contributed by atoms with Crippen LogP contribution in [0.2, 0.25) is 0 Å². The Balaban J connectivity index is 1.92. The molecule has 1 saturated heterocycles. The van der Waals surface area contributed by atoms with Crippen LogP contribution in [0.15, 0.2) is 12.4 Å². The van der Waals surface area contributed by atoms with Gasteiger partial charge < -0.3 is 10.8 Å². The molecule has 6 heteroatoms. The third kappa shape index (κ3) is 4.02. The fourth-order valence-corrected chi connectivity index (χ4v) is 2.89. The van der Waals surface area contributed by atoms with Crippen LogP contribution in [0.5, 0.6) is 0 Å². The summed E-state index contributed by atoms with van der Waals surface area (Å²) in [7, 11) is 1.93. The standard InChI is InChI=1S/C14H27N5O/c1-14(2,20)11-18-4-6-19(7-5-18)13(8-15)12-9-16-17(3)10-12/h9-10,13,20H,4-8,11,15H2,1-3H3. The number of rotatable bonds is 5. The van der Waals surface area contributed by atoms with Gasteiger partial charge in [-0.3, -0.25) is 14.5 Å². The van der Waals surface area contributed by atoms with Crippen LogP contribution in [0.25, 0.3) is 0 Å². The number of piperazine rings is 1. The van der Waals surface area contributed by atoms with E-state index in [4.69, 9.17) is 5.73 Å². The van der Waals surface area contributed by atoms with Crippen LogP contribution in [0.3, 0.4) is 0 Å². The van der Waals surface area contributed by atoms with Gasteiger partial charge in [0.15, 0.2) is 0 Å². The first-order valence-corrected chi connectivity index (χ1v) is 7.26. The van der Waals surface area contributed by atoms with E-state index in [9.17, 15) is 5.11 Å². The minimum absolute atomic E-state index is 0.244. The lowest BCUT2D eigenvalue weighted by atomic mass is 10.1. The zero-order valence-electron chi connectivity index (χ0n) is 12.8. The third-order valence-electron chi connectivity index (χ3n) is 3.79. The summed E-state index contributed by atoms with van der Waals surface area (Å²) < 4.78 is 1.82. The first-order chi connectivity index (χ1) is 9.39. The maximum Gasteiger partial charge on any atom is 0.0718 e. The van der Waals surface area contributed by atoms with Gasteiger partial charge in [-0.05, 0) is 13.8 Å². The van der Waals surface area contributed by atoms with Gasteiger partial charge in [-0.15, -0.1) is 0 Å². The van der Waals surface area contributed by atoms with E-state index in [1.807, 2.05) is 38.0 Å². The molecule has 0 spiro atoms. The smallest absolute Gasteiger partial charge is 0.0718 e. The summed E-state index contributed by atoms with van der Waals surface area (Å²) in [5.41, 5.74) is 6.51. The van der Waals surface area contributed by atoms with Gasteiger partial charge in [-0.1, -0.05) is 0 Å². The normalized spacial score (nSPS) is 20.2. The molecule has 1 aromatic rings. The Kier molecular flexibility index (Phi) is 4.80. The second-order valence-corrected chi connectivity index (χ2v) is 6.32. The van der Waals surface area contributed by atoms with Crippen LogP contribution in [0.1, 0.15) is 25.5 Å². The number of β-amino-alcohol motifs (C(OH)–C–C–N with tert-alkyl or cyclic N) is 1. The van der Waals surface area contributed by atoms with E-state index in [1.54, 1.807) is 0 Å². The largest absolute Gasteiger partial charge is 0.389 e. The molecule has 2 rings (SSSR count). The topological polar surface area (TPSA) is 70.5 Å². The molecule has 20 heavy (non-hydrogen) atoms. The van der Waals surface area contributed by atoms with Crippen LogP contribution in [0.4, 0.5) is 0 Å². The zero-order valence-corrected chi connectivity index (χ0v) is 12.8. The molecule has 114 valence electrons. The molecule has 0 amide bonds. The Morgan fingerprint density at radius 1 is 1.35 bits per heavy atom. The monoisotopic (exact) mass is 281 g/mol. The van der Waals surface area contributed by atoms with Crippen molar-refractivity contribution in [2.45, 2.75) is 25.5 Å². The third-order valence-corrected chi connectivity index (χ3v) is 3.79. The molecule has 0 bridgehead atoms. The first kappa shape index (κ1) is 15.4. The summed E-state index contributed by atoms with van der Waals surface area (Å²) in [5.74, 6) is 0. The number of aliphatic hydroxyl groups is 1. The number of aromatic nitrogens is 2. The van der Waals surface area contributed by atoms with E-state index < -0.39 is 5.60 Å². The highest BCUT2D eigenvalue weighted by atomic mass is 16.3. The van der Waals surface area contributed by atoms with Crippen molar-refractivity contribution in [3.05, 3.63) is 18.0 Å². The van der Waals surface area contributed by atoms with E-state index in [0.717, 1.165) is 32.7 Å². The van der Waals surface area contributed by atoms with Crippen molar-refractivity contribution < 1.29 is 5.11 Å². The Morgan fingerprint density at radius 2 is 2.00 bits per heavy atom. The van der Waals surface area contributed by atoms with Gasteiger partial charge in [0.2, 0.25) is 0 Å². The maximum absolute atomic E-state index is 9.89. The minimum Gasteiger partial charge on any atom is -0.389 e. The SMILES string of the molecule is Cn1cc(C(CN)N2CCN(CC(C)(C)O)CC2)cn1. The Labute approximate surface area is 121 Å². The number of hydrogen-bond donors (Lipinski definition) is 2. The molecule has 2 heterocycles. The molecule has 3 N–H and O–H groups in total. The predicted octanol–water partition coefficient (Wildman–Crippen LogP) is -0.192. The molecule has 0 aromatic carbocycles. The molecule has 1 atom stereocenters. The zero-order chi connectivity index (χ0) is 14.8. The fraction of sp³-hybridized carbons (Fsp3) is 0.786. The van der Waals surface area contributed by atoms with Gasteiger partial charge in [-0.25, -0.2) is 0 Å². The van der Waals surface area contributed by atoms with Crippen molar-refractivity contribution in [3.8, 4) is 0 Å². The summed E-state index contributed by atoms with van der Waals surface area (Å²) in [6, 6.07) is 0.244. The van der Waals surface area contributed by atoms with Gasteiger partial charge in [0, 0.05) is 58.1 Å². The van der Waals surface area contributed by atoms with Gasteiger partial charge in [0.25, 0.3) is 0 Å². The lowest BCUT2D eigenvalue weighted by Gasteiger charge is -2.40. The summed E-state index contributed by atoms with van der Waals surface area (Å²) in [5, 5.41) is 14.1. The maximum atomic E-state index is 9.89. The molecule has 1 aromatic heterocycles. The van der Waals surface area contributed by atoms with Crippen molar-refractivity contribution >= 4 is 0 Å². The van der Waals surface area contributed by atoms with Crippen LogP contribution in [-0.2, 0) is 7.05 Å². The number of aryl methyl sites for hydroxylation is 1. The molecule has 6 nitrogen and oxygen atoms in total. The van der Waals surface area contributed by atoms with Crippen molar-refractivity contribution in [1.29, 1.82) is 0 Å². The van der Waals surface area contributed by atoms with Gasteiger partial charge >= 0.3 is 0 Å². The van der Waals surface area contributed by atoms with Crippen molar-refractivity contribution in [3.63, 3.8) is 0 Å². The van der Waals surface area contributed by atoms with E-state index in [-0.39, 0.29) is 6.04 Å². The first-order valence-electron chi connectivity index (χ1n) is 7.26. The summed E-state index contributed by atoms with van der Waals surface area (Å²) in [4.78, 5) is 4.73. The number of nitrogens with zero attached hydrogens (tertiary/aromatic N) is 4. The van der Waals surface area contributed by atoms with E-state index in [2.05, 4.69) is 14.9 Å². The average Bonchev–Trinajstić information content (AvgIpc) is 2.77. The number of nitrogens with two attached hydrogens (primary N) is 1. The lowest BCUT2D eigenvalue weighted by Crippen LogP contribution is -2.52. The molecule has 1 aliphatic heterocycles. The van der Waals surface area contributed by atoms with Crippen molar-refractivity contribution in [2.24, 2.45) is 12.8 Å². The number of hydrogen-bond acceptors (Lipinski definition) is 5. The molecule has 0 aliphatic carbocycles. The second-order valence-electron chi connectivity index (χ2n) is 6.32. The van der Waals surface area contributed by atoms with Crippen LogP contribution in [0, 0.1) is 0 Å². The van der Waals surface area contributed by atoms with E-state index >= 15 is 0 Å². The van der Waals surface area contributed by atoms with E-state index in [1.165, 1.54) is 5.56 Å². The van der Waals surface area contributed by atoms with Crippen LogP contribution < -0.4 is 5.73 Å². The summed E-state index contributed by atoms with van der Waals surface area (Å²) >= 11 is 0.